The number of thiocarbonyl (C=S) groups is 1. The number of thiophene rings is 1. The second-order valence-electron chi connectivity index (χ2n) is 5.57. The Morgan fingerprint density at radius 3 is 2.55 bits per heavy atom. The Labute approximate surface area is 129 Å². The summed E-state index contributed by atoms with van der Waals surface area (Å²) < 4.78 is 0. The molecule has 110 valence electrons. The Morgan fingerprint density at radius 2 is 2.05 bits per heavy atom. The number of amides is 1. The number of hydrogen-bond acceptors (Lipinski definition) is 3. The van der Waals surface area contributed by atoms with Crippen molar-refractivity contribution in [2.24, 2.45) is 11.1 Å². The smallest absolute Gasteiger partial charge is 0.233 e. The molecule has 5 heteroatoms. The van der Waals surface area contributed by atoms with Gasteiger partial charge in [0, 0.05) is 4.88 Å². The summed E-state index contributed by atoms with van der Waals surface area (Å²) in [5.74, 6) is 0.0136. The molecular formula is C15H22N2OS2. The van der Waals surface area contributed by atoms with Gasteiger partial charge in [0.15, 0.2) is 0 Å². The Balaban J connectivity index is 2.07. The van der Waals surface area contributed by atoms with Crippen molar-refractivity contribution in [3.63, 3.8) is 0 Å². The van der Waals surface area contributed by atoms with Crippen molar-refractivity contribution in [1.29, 1.82) is 0 Å². The quantitative estimate of drug-likeness (QED) is 0.663. The lowest BCUT2D eigenvalue weighted by atomic mass is 9.79. The predicted molar refractivity (Wildman–Crippen MR) is 87.8 cm³/mol. The van der Waals surface area contributed by atoms with Gasteiger partial charge in [-0.05, 0) is 36.8 Å². The van der Waals surface area contributed by atoms with E-state index in [0.717, 1.165) is 25.7 Å². The zero-order chi connectivity index (χ0) is 14.6. The van der Waals surface area contributed by atoms with E-state index in [4.69, 9.17) is 18.0 Å². The van der Waals surface area contributed by atoms with E-state index >= 15 is 0 Å². The van der Waals surface area contributed by atoms with Crippen molar-refractivity contribution in [1.82, 2.24) is 5.32 Å². The van der Waals surface area contributed by atoms with Crippen LogP contribution in [0.25, 0.3) is 0 Å². The molecule has 1 aliphatic rings. The molecule has 1 fully saturated rings. The Morgan fingerprint density at radius 1 is 1.40 bits per heavy atom. The molecule has 0 aromatic carbocycles. The summed E-state index contributed by atoms with van der Waals surface area (Å²) in [6.45, 7) is 2.64. The lowest BCUT2D eigenvalue weighted by molar-refractivity contribution is -0.128. The molecule has 0 saturated heterocycles. The van der Waals surface area contributed by atoms with Crippen molar-refractivity contribution < 1.29 is 4.79 Å². The summed E-state index contributed by atoms with van der Waals surface area (Å²) in [6.07, 6.45) is 5.98. The first kappa shape index (κ1) is 15.4. The molecule has 1 aromatic heterocycles. The Bertz CT molecular complexity index is 488. The number of carbonyl (C=O) groups excluding carboxylic acids is 1. The molecule has 1 heterocycles. The summed E-state index contributed by atoms with van der Waals surface area (Å²) in [6, 6.07) is 2.07. The van der Waals surface area contributed by atoms with E-state index in [1.807, 2.05) is 5.38 Å². The minimum absolute atomic E-state index is 0.0136. The van der Waals surface area contributed by atoms with Gasteiger partial charge >= 0.3 is 0 Å². The summed E-state index contributed by atoms with van der Waals surface area (Å²) in [5, 5.41) is 5.10. The summed E-state index contributed by atoms with van der Waals surface area (Å²) in [5.41, 5.74) is 6.52. The maximum absolute atomic E-state index is 12.6. The van der Waals surface area contributed by atoms with Crippen LogP contribution in [0.2, 0.25) is 0 Å². The monoisotopic (exact) mass is 310 g/mol. The topological polar surface area (TPSA) is 55.1 Å². The normalized spacial score (nSPS) is 18.2. The van der Waals surface area contributed by atoms with Crippen molar-refractivity contribution in [3.8, 4) is 0 Å². The average molecular weight is 310 g/mol. The molecule has 0 spiro atoms. The molecule has 0 bridgehead atoms. The molecular weight excluding hydrogens is 288 g/mol. The van der Waals surface area contributed by atoms with Crippen molar-refractivity contribution in [2.75, 3.05) is 0 Å². The van der Waals surface area contributed by atoms with E-state index in [-0.39, 0.29) is 5.91 Å². The van der Waals surface area contributed by atoms with Gasteiger partial charge in [-0.1, -0.05) is 37.9 Å². The van der Waals surface area contributed by atoms with Gasteiger partial charge in [-0.2, -0.15) is 0 Å². The highest BCUT2D eigenvalue weighted by molar-refractivity contribution is 7.80. The fraction of sp³-hybridized carbons (Fsp3) is 0.600. The average Bonchev–Trinajstić information content (AvgIpc) is 2.67. The molecule has 2 rings (SSSR count). The van der Waals surface area contributed by atoms with E-state index in [2.05, 4.69) is 18.3 Å². The maximum atomic E-state index is 12.6. The van der Waals surface area contributed by atoms with Gasteiger partial charge in [0.25, 0.3) is 0 Å². The van der Waals surface area contributed by atoms with Crippen molar-refractivity contribution in [2.45, 2.75) is 52.0 Å². The van der Waals surface area contributed by atoms with Gasteiger partial charge in [0.1, 0.15) is 0 Å². The van der Waals surface area contributed by atoms with Crippen LogP contribution in [0.4, 0.5) is 0 Å². The number of nitrogens with one attached hydrogen (secondary N) is 1. The zero-order valence-corrected chi connectivity index (χ0v) is 13.5. The van der Waals surface area contributed by atoms with Gasteiger partial charge in [-0.3, -0.25) is 4.79 Å². The number of nitrogens with two attached hydrogens (primary N) is 1. The molecule has 1 aromatic rings. The lowest BCUT2D eigenvalue weighted by Crippen LogP contribution is -2.48. The summed E-state index contributed by atoms with van der Waals surface area (Å²) >= 11 is 6.89. The van der Waals surface area contributed by atoms with Gasteiger partial charge in [0.05, 0.1) is 16.9 Å². The van der Waals surface area contributed by atoms with Gasteiger partial charge in [-0.25, -0.2) is 0 Å². The van der Waals surface area contributed by atoms with Crippen molar-refractivity contribution in [3.05, 3.63) is 21.9 Å². The van der Waals surface area contributed by atoms with Crippen LogP contribution in [0.5, 0.6) is 0 Å². The second kappa shape index (κ2) is 6.68. The third-order valence-electron chi connectivity index (χ3n) is 4.24. The highest BCUT2D eigenvalue weighted by atomic mass is 32.1. The molecule has 1 saturated carbocycles. The van der Waals surface area contributed by atoms with Gasteiger partial charge < -0.3 is 11.1 Å². The van der Waals surface area contributed by atoms with Crippen LogP contribution in [0, 0.1) is 12.3 Å². The fourth-order valence-electron chi connectivity index (χ4n) is 2.83. The second-order valence-corrected chi connectivity index (χ2v) is 7.01. The summed E-state index contributed by atoms with van der Waals surface area (Å²) in [4.78, 5) is 14.2. The van der Waals surface area contributed by atoms with Crippen LogP contribution in [-0.2, 0) is 11.3 Å². The molecule has 0 atom stereocenters. The molecule has 0 radical (unpaired) electrons. The molecule has 0 unspecified atom stereocenters. The van der Waals surface area contributed by atoms with Crippen LogP contribution in [-0.4, -0.2) is 10.9 Å². The molecule has 0 aliphatic heterocycles. The number of carbonyl (C=O) groups is 1. The molecule has 3 N–H and O–H groups in total. The predicted octanol–water partition coefficient (Wildman–Crippen LogP) is 3.30. The van der Waals surface area contributed by atoms with Gasteiger partial charge in [0.2, 0.25) is 5.91 Å². The third-order valence-corrected chi connectivity index (χ3v) is 5.65. The molecule has 1 aliphatic carbocycles. The molecule has 3 nitrogen and oxygen atoms in total. The van der Waals surface area contributed by atoms with E-state index in [1.54, 1.807) is 11.3 Å². The molecule has 20 heavy (non-hydrogen) atoms. The number of hydrogen-bond donors (Lipinski definition) is 2. The van der Waals surface area contributed by atoms with Crippen LogP contribution in [0.1, 0.15) is 49.0 Å². The zero-order valence-electron chi connectivity index (χ0n) is 11.9. The van der Waals surface area contributed by atoms with Crippen LogP contribution in [0.3, 0.4) is 0 Å². The SMILES string of the molecule is Cc1ccsc1CNC(=O)C1(C(N)=S)CCCCCC1. The van der Waals surface area contributed by atoms with Gasteiger partial charge in [-0.15, -0.1) is 11.3 Å². The third kappa shape index (κ3) is 3.20. The first-order valence-electron chi connectivity index (χ1n) is 7.17. The van der Waals surface area contributed by atoms with Crippen LogP contribution in [0.15, 0.2) is 11.4 Å². The summed E-state index contributed by atoms with van der Waals surface area (Å²) in [7, 11) is 0. The van der Waals surface area contributed by atoms with E-state index < -0.39 is 5.41 Å². The minimum Gasteiger partial charge on any atom is -0.392 e. The first-order valence-corrected chi connectivity index (χ1v) is 8.46. The Kier molecular flexibility index (Phi) is 5.16. The minimum atomic E-state index is -0.628. The van der Waals surface area contributed by atoms with E-state index in [1.165, 1.54) is 23.3 Å². The van der Waals surface area contributed by atoms with Crippen LogP contribution >= 0.6 is 23.6 Å². The Hall–Kier alpha value is -0.940. The highest BCUT2D eigenvalue weighted by Crippen LogP contribution is 2.36. The fourth-order valence-corrected chi connectivity index (χ4v) is 3.98. The van der Waals surface area contributed by atoms with E-state index in [9.17, 15) is 4.79 Å². The highest BCUT2D eigenvalue weighted by Gasteiger charge is 2.41. The number of rotatable bonds is 4. The first-order chi connectivity index (χ1) is 9.56. The lowest BCUT2D eigenvalue weighted by Gasteiger charge is -2.30. The largest absolute Gasteiger partial charge is 0.392 e. The standard InChI is InChI=1S/C15H22N2OS2/c1-11-6-9-20-12(11)10-17-14(18)15(13(16)19)7-4-2-3-5-8-15/h6,9H,2-5,7-8,10H2,1H3,(H2,16,19)(H,17,18). The van der Waals surface area contributed by atoms with Crippen molar-refractivity contribution >= 4 is 34.5 Å². The molecule has 1 amide bonds. The maximum Gasteiger partial charge on any atom is 0.233 e. The number of aryl methyl sites for hydroxylation is 1. The van der Waals surface area contributed by atoms with Crippen LogP contribution < -0.4 is 11.1 Å². The van der Waals surface area contributed by atoms with E-state index in [0.29, 0.717) is 11.5 Å².